The van der Waals surface area contributed by atoms with Crippen LogP contribution in [-0.4, -0.2) is 82.9 Å². The van der Waals surface area contributed by atoms with E-state index in [1.54, 1.807) is 34.5 Å². The van der Waals surface area contributed by atoms with Crippen LogP contribution in [0.25, 0.3) is 0 Å². The topological polar surface area (TPSA) is 132 Å². The normalized spacial score (nSPS) is 13.6. The second kappa shape index (κ2) is 21.2. The van der Waals surface area contributed by atoms with Gasteiger partial charge in [-0.3, -0.25) is 19.9 Å². The van der Waals surface area contributed by atoms with Crippen LogP contribution in [0.15, 0.2) is 73.6 Å². The first-order chi connectivity index (χ1) is 21.5. The predicted octanol–water partition coefficient (Wildman–Crippen LogP) is 4.54. The van der Waals surface area contributed by atoms with E-state index in [0.717, 1.165) is 83.6 Å². The maximum absolute atomic E-state index is 10.6. The number of nitrogens with two attached hydrogens (primary N) is 1. The molecule has 0 unspecified atom stereocenters. The Labute approximate surface area is 288 Å². The summed E-state index contributed by atoms with van der Waals surface area (Å²) in [6, 6.07) is 15.0. The summed E-state index contributed by atoms with van der Waals surface area (Å²) in [6.07, 6.45) is 9.67. The van der Waals surface area contributed by atoms with Crippen LogP contribution < -0.4 is 5.73 Å². The van der Waals surface area contributed by atoms with Crippen LogP contribution >= 0.6 is 45.0 Å². The van der Waals surface area contributed by atoms with Gasteiger partial charge in [0.05, 0.1) is 29.0 Å². The molecule has 2 aromatic heterocycles. The summed E-state index contributed by atoms with van der Waals surface area (Å²) < 4.78 is 4.42. The number of nitrogens with zero attached hydrogens (tertiary/aromatic N) is 7. The average molecular weight is 826 g/mol. The number of benzene rings is 2. The van der Waals surface area contributed by atoms with E-state index in [0.29, 0.717) is 0 Å². The van der Waals surface area contributed by atoms with E-state index in [9.17, 15) is 10.1 Å². The van der Waals surface area contributed by atoms with Crippen molar-refractivity contribution in [3.8, 4) is 0 Å². The van der Waals surface area contributed by atoms with Crippen LogP contribution in [0.5, 0.6) is 0 Å². The minimum atomic E-state index is -0.366. The molecule has 0 saturated heterocycles. The standard InChI is InChI=1S/C14H16N4O2.C14H18N4.CH3I.CH4O.BI/c19-18(20)13-3-1-12(2-4-13)5-6-16-7-8-17-11-15-9-14(17)10-16;15-13-3-1-12(2-4-13)5-6-17-7-8-18-11-16-9-14(18)10-17;3*1-2/h1-4,9,11H,5-8,10H2;1-4,9,11H,5-8,10,15H2;1H3;2H,1H3;. The van der Waals surface area contributed by atoms with Crippen LogP contribution in [0, 0.1) is 10.1 Å². The highest BCUT2D eigenvalue weighted by Gasteiger charge is 2.16. The van der Waals surface area contributed by atoms with Gasteiger partial charge in [-0.15, -0.1) is 0 Å². The highest BCUT2D eigenvalue weighted by atomic mass is 127. The van der Waals surface area contributed by atoms with Gasteiger partial charge < -0.3 is 20.0 Å². The van der Waals surface area contributed by atoms with Gasteiger partial charge in [-0.2, -0.15) is 22.4 Å². The molecule has 4 aromatic rings. The molecule has 2 aromatic carbocycles. The summed E-state index contributed by atoms with van der Waals surface area (Å²) in [5, 5.41) is 17.6. The van der Waals surface area contributed by atoms with E-state index in [-0.39, 0.29) is 10.6 Å². The monoisotopic (exact) mass is 826 g/mol. The number of nitrogen functional groups attached to an aromatic ring is 1. The maximum Gasteiger partial charge on any atom is 0.269 e. The Hall–Kier alpha value is -2.54. The van der Waals surface area contributed by atoms with Crippen molar-refractivity contribution < 1.29 is 10.0 Å². The molecule has 0 fully saturated rings. The molecule has 0 spiro atoms. The minimum absolute atomic E-state index is 0.149. The van der Waals surface area contributed by atoms with Gasteiger partial charge in [0.25, 0.3) is 5.69 Å². The Balaban J connectivity index is 0.000000264. The van der Waals surface area contributed by atoms with E-state index >= 15 is 0 Å². The van der Waals surface area contributed by atoms with Crippen LogP contribution in [0.3, 0.4) is 0 Å². The molecule has 14 heteroatoms. The molecule has 11 nitrogen and oxygen atoms in total. The van der Waals surface area contributed by atoms with Gasteiger partial charge in [-0.05, 0) is 41.0 Å². The molecule has 2 aliphatic heterocycles. The fourth-order valence-corrected chi connectivity index (χ4v) is 4.90. The van der Waals surface area contributed by atoms with Gasteiger partial charge >= 0.3 is 0 Å². The van der Waals surface area contributed by atoms with Crippen LogP contribution in [0.1, 0.15) is 22.5 Å². The number of aliphatic hydroxyl groups is 1. The molecule has 44 heavy (non-hydrogen) atoms. The lowest BCUT2D eigenvalue weighted by molar-refractivity contribution is -0.384. The fraction of sp³-hybridized carbons (Fsp3) is 0.400. The number of non-ortho nitro benzene ring substituents is 1. The highest BCUT2D eigenvalue weighted by molar-refractivity contribution is 14.1. The molecule has 2 aliphatic rings. The van der Waals surface area contributed by atoms with Crippen molar-refractivity contribution in [2.24, 2.45) is 0 Å². The van der Waals surface area contributed by atoms with Crippen molar-refractivity contribution in [1.82, 2.24) is 28.9 Å². The number of halogens is 2. The smallest absolute Gasteiger partial charge is 0.269 e. The number of anilines is 1. The second-order valence-corrected chi connectivity index (χ2v) is 9.87. The molecular weight excluding hydrogens is 785 g/mol. The number of nitro groups is 1. The van der Waals surface area contributed by atoms with Crippen LogP contribution in [0.2, 0.25) is 0 Å². The third kappa shape index (κ3) is 12.1. The third-order valence-electron chi connectivity index (χ3n) is 7.24. The second-order valence-electron chi connectivity index (χ2n) is 9.87. The SMILES string of the molecule is CI.CO.Nc1ccc(CCN2CCn3cncc3C2)cc1.O=[N+]([O-])c1ccc(CCN2CCn3cncc3C2)cc1.[B]I. The van der Waals surface area contributed by atoms with Crippen molar-refractivity contribution in [2.75, 3.05) is 44.0 Å². The molecule has 2 radical (unpaired) electrons. The summed E-state index contributed by atoms with van der Waals surface area (Å²) in [6.45, 7) is 8.15. The van der Waals surface area contributed by atoms with Crippen molar-refractivity contribution >= 4 is 62.0 Å². The number of nitro benzene ring substituents is 1. The quantitative estimate of drug-likeness (QED) is 0.0695. The minimum Gasteiger partial charge on any atom is -0.400 e. The first-order valence-corrected chi connectivity index (χ1v) is 17.5. The number of imidazole rings is 2. The van der Waals surface area contributed by atoms with E-state index in [1.807, 2.05) is 54.2 Å². The molecular formula is C30H41BI2N8O3. The highest BCUT2D eigenvalue weighted by Crippen LogP contribution is 2.16. The third-order valence-corrected chi connectivity index (χ3v) is 7.24. The van der Waals surface area contributed by atoms with Crippen LogP contribution in [-0.2, 0) is 39.0 Å². The molecule has 6 rings (SSSR count). The number of hydrogen-bond acceptors (Lipinski definition) is 8. The Morgan fingerprint density at radius 3 is 1.61 bits per heavy atom. The van der Waals surface area contributed by atoms with Gasteiger partial charge in [0.1, 0.15) is 0 Å². The maximum atomic E-state index is 10.6. The lowest BCUT2D eigenvalue weighted by Gasteiger charge is -2.27. The van der Waals surface area contributed by atoms with Crippen molar-refractivity contribution in [2.45, 2.75) is 39.0 Å². The van der Waals surface area contributed by atoms with E-state index in [1.165, 1.54) is 17.0 Å². The molecule has 0 atom stereocenters. The van der Waals surface area contributed by atoms with Crippen molar-refractivity contribution in [1.29, 1.82) is 0 Å². The lowest BCUT2D eigenvalue weighted by atomic mass is 10.1. The zero-order chi connectivity index (χ0) is 32.3. The summed E-state index contributed by atoms with van der Waals surface area (Å²) >= 11 is 3.80. The molecule has 0 bridgehead atoms. The lowest BCUT2D eigenvalue weighted by Crippen LogP contribution is -2.34. The number of aliphatic hydroxyl groups excluding tert-OH is 1. The van der Waals surface area contributed by atoms with Crippen LogP contribution in [0.4, 0.5) is 11.4 Å². The predicted molar refractivity (Wildman–Crippen MR) is 194 cm³/mol. The van der Waals surface area contributed by atoms with Gasteiger partial charge in [-0.25, -0.2) is 9.97 Å². The molecule has 0 aliphatic carbocycles. The number of fused-ring (bicyclic) bond motifs is 2. The first-order valence-electron chi connectivity index (χ1n) is 14.1. The Morgan fingerprint density at radius 1 is 0.795 bits per heavy atom. The molecule has 3 N–H and O–H groups in total. The Bertz CT molecular complexity index is 1350. The van der Waals surface area contributed by atoms with Crippen molar-refractivity contribution in [3.05, 3.63) is 106 Å². The van der Waals surface area contributed by atoms with E-state index in [4.69, 9.17) is 10.8 Å². The Morgan fingerprint density at radius 2 is 1.20 bits per heavy atom. The first kappa shape index (κ1) is 37.7. The number of alkyl halides is 1. The van der Waals surface area contributed by atoms with Gasteiger partial charge in [0.2, 0.25) is 0 Å². The molecule has 4 heterocycles. The fourth-order valence-electron chi connectivity index (χ4n) is 4.90. The summed E-state index contributed by atoms with van der Waals surface area (Å²) in [5.41, 5.74) is 16.2. The van der Waals surface area contributed by atoms with Gasteiger partial charge in [0, 0.05) is 89.7 Å². The molecule has 236 valence electrons. The zero-order valence-electron chi connectivity index (χ0n) is 25.3. The summed E-state index contributed by atoms with van der Waals surface area (Å²) in [4.78, 5) is 25.4. The van der Waals surface area contributed by atoms with E-state index in [2.05, 4.69) is 69.3 Å². The molecule has 0 amide bonds. The van der Waals surface area contributed by atoms with Gasteiger partial charge in [-0.1, -0.05) is 46.9 Å². The van der Waals surface area contributed by atoms with Crippen molar-refractivity contribution in [3.63, 3.8) is 0 Å². The largest absolute Gasteiger partial charge is 0.400 e. The Kier molecular flexibility index (Phi) is 18.2. The summed E-state index contributed by atoms with van der Waals surface area (Å²) in [7, 11) is 1.00. The van der Waals surface area contributed by atoms with Gasteiger partial charge in [0.15, 0.2) is 5.70 Å². The zero-order valence-corrected chi connectivity index (χ0v) is 29.6. The molecule has 0 saturated carbocycles. The number of hydrogen-bond donors (Lipinski definition) is 2. The number of rotatable bonds is 7. The number of aromatic nitrogens is 4. The van der Waals surface area contributed by atoms with E-state index < -0.39 is 0 Å². The summed E-state index contributed by atoms with van der Waals surface area (Å²) in [5.74, 6) is 0. The average Bonchev–Trinajstić information content (AvgIpc) is 3.76.